The molecule has 1 aromatic rings. The number of nitrogens with zero attached hydrogens (tertiary/aromatic N) is 2. The van der Waals surface area contributed by atoms with Crippen LogP contribution in [-0.2, 0) is 5.54 Å². The van der Waals surface area contributed by atoms with Gasteiger partial charge in [-0.1, -0.05) is 0 Å². The molecule has 0 atom stereocenters. The van der Waals surface area contributed by atoms with Crippen LogP contribution in [0.1, 0.15) is 57.6 Å². The minimum absolute atomic E-state index is 0.274. The molecule has 0 aromatic carbocycles. The lowest BCUT2D eigenvalue weighted by atomic mass is 9.54. The third-order valence-corrected chi connectivity index (χ3v) is 5.83. The SMILES string of the molecule is CC(C)(N)c1cnn(C2C3CC4CC(C3)CC2C4)c1. The van der Waals surface area contributed by atoms with Crippen LogP contribution in [0.5, 0.6) is 0 Å². The van der Waals surface area contributed by atoms with Gasteiger partial charge in [0.1, 0.15) is 0 Å². The molecule has 104 valence electrons. The maximum atomic E-state index is 6.19. The van der Waals surface area contributed by atoms with Gasteiger partial charge in [0.05, 0.1) is 12.2 Å². The fourth-order valence-corrected chi connectivity index (χ4v) is 5.16. The van der Waals surface area contributed by atoms with Gasteiger partial charge in [-0.15, -0.1) is 0 Å². The summed E-state index contributed by atoms with van der Waals surface area (Å²) < 4.78 is 2.26. The summed E-state index contributed by atoms with van der Waals surface area (Å²) in [4.78, 5) is 0. The Morgan fingerprint density at radius 2 is 1.68 bits per heavy atom. The predicted octanol–water partition coefficient (Wildman–Crippen LogP) is 3.07. The molecule has 1 aromatic heterocycles. The van der Waals surface area contributed by atoms with Crippen molar-refractivity contribution in [3.8, 4) is 0 Å². The van der Waals surface area contributed by atoms with E-state index in [1.807, 2.05) is 6.20 Å². The standard InChI is InChI=1S/C16H25N3/c1-16(2,17)14-8-18-19(9-14)15-12-4-10-3-11(6-12)7-13(15)5-10/h8-13,15H,3-7,17H2,1-2H3. The summed E-state index contributed by atoms with van der Waals surface area (Å²) in [6, 6.07) is 0.656. The Hall–Kier alpha value is -0.830. The van der Waals surface area contributed by atoms with Gasteiger partial charge < -0.3 is 5.73 Å². The van der Waals surface area contributed by atoms with Crippen LogP contribution >= 0.6 is 0 Å². The van der Waals surface area contributed by atoms with Crippen molar-refractivity contribution in [2.24, 2.45) is 29.4 Å². The van der Waals surface area contributed by atoms with E-state index >= 15 is 0 Å². The first-order chi connectivity index (χ1) is 9.00. The minimum atomic E-state index is -0.274. The summed E-state index contributed by atoms with van der Waals surface area (Å²) in [5.41, 5.74) is 7.09. The van der Waals surface area contributed by atoms with Crippen LogP contribution in [0.3, 0.4) is 0 Å². The Kier molecular flexibility index (Phi) is 2.42. The summed E-state index contributed by atoms with van der Waals surface area (Å²) >= 11 is 0. The molecule has 5 rings (SSSR count). The molecule has 4 fully saturated rings. The number of aromatic nitrogens is 2. The van der Waals surface area contributed by atoms with E-state index in [-0.39, 0.29) is 5.54 Å². The summed E-state index contributed by atoms with van der Waals surface area (Å²) in [6.45, 7) is 4.12. The molecular weight excluding hydrogens is 234 g/mol. The monoisotopic (exact) mass is 259 g/mol. The first-order valence-electron chi connectivity index (χ1n) is 7.84. The van der Waals surface area contributed by atoms with Gasteiger partial charge in [0.15, 0.2) is 0 Å². The van der Waals surface area contributed by atoms with Crippen molar-refractivity contribution in [2.75, 3.05) is 0 Å². The lowest BCUT2D eigenvalue weighted by Crippen LogP contribution is -2.46. The van der Waals surface area contributed by atoms with E-state index < -0.39 is 0 Å². The highest BCUT2D eigenvalue weighted by Crippen LogP contribution is 2.58. The Bertz CT molecular complexity index is 454. The highest BCUT2D eigenvalue weighted by atomic mass is 15.3. The second-order valence-corrected chi connectivity index (χ2v) is 7.85. The largest absolute Gasteiger partial charge is 0.322 e. The topological polar surface area (TPSA) is 43.8 Å². The third kappa shape index (κ3) is 1.85. The normalized spacial score (nSPS) is 40.9. The molecule has 0 unspecified atom stereocenters. The molecule has 3 heteroatoms. The molecular formula is C16H25N3. The second-order valence-electron chi connectivity index (χ2n) is 7.85. The van der Waals surface area contributed by atoms with Crippen LogP contribution in [-0.4, -0.2) is 9.78 Å². The van der Waals surface area contributed by atoms with Crippen molar-refractivity contribution >= 4 is 0 Å². The van der Waals surface area contributed by atoms with E-state index in [1.165, 1.54) is 37.7 Å². The molecule has 0 radical (unpaired) electrons. The van der Waals surface area contributed by atoms with Gasteiger partial charge in [-0.05, 0) is 69.6 Å². The van der Waals surface area contributed by atoms with Gasteiger partial charge >= 0.3 is 0 Å². The van der Waals surface area contributed by atoms with Gasteiger partial charge in [-0.3, -0.25) is 4.68 Å². The lowest BCUT2D eigenvalue weighted by Gasteiger charge is -2.54. The maximum absolute atomic E-state index is 6.19. The summed E-state index contributed by atoms with van der Waals surface area (Å²) in [5, 5.41) is 4.67. The van der Waals surface area contributed by atoms with Crippen LogP contribution in [0.4, 0.5) is 0 Å². The molecule has 4 bridgehead atoms. The first-order valence-corrected chi connectivity index (χ1v) is 7.84. The Balaban J connectivity index is 1.64. The Morgan fingerprint density at radius 1 is 1.11 bits per heavy atom. The first kappa shape index (κ1) is 12.0. The number of nitrogens with two attached hydrogens (primary N) is 1. The molecule has 4 aliphatic rings. The van der Waals surface area contributed by atoms with E-state index in [9.17, 15) is 0 Å². The van der Waals surface area contributed by atoms with Gasteiger partial charge in [0.25, 0.3) is 0 Å². The zero-order chi connectivity index (χ0) is 13.2. The maximum Gasteiger partial charge on any atom is 0.0576 e. The third-order valence-electron chi connectivity index (χ3n) is 5.83. The summed E-state index contributed by atoms with van der Waals surface area (Å²) in [6.07, 6.45) is 11.5. The molecule has 0 spiro atoms. The molecule has 0 saturated heterocycles. The highest BCUT2D eigenvalue weighted by molar-refractivity contribution is 5.15. The number of hydrogen-bond donors (Lipinski definition) is 1. The van der Waals surface area contributed by atoms with Crippen LogP contribution in [0, 0.1) is 23.7 Å². The average molecular weight is 259 g/mol. The Labute approximate surface area is 115 Å². The molecule has 2 N–H and O–H groups in total. The van der Waals surface area contributed by atoms with Crippen molar-refractivity contribution in [1.29, 1.82) is 0 Å². The Morgan fingerprint density at radius 3 is 2.16 bits per heavy atom. The number of hydrogen-bond acceptors (Lipinski definition) is 2. The average Bonchev–Trinajstić information content (AvgIpc) is 2.76. The van der Waals surface area contributed by atoms with Crippen LogP contribution in [0.25, 0.3) is 0 Å². The van der Waals surface area contributed by atoms with Crippen molar-refractivity contribution in [3.63, 3.8) is 0 Å². The molecule has 0 aliphatic heterocycles. The van der Waals surface area contributed by atoms with Crippen molar-refractivity contribution < 1.29 is 0 Å². The quantitative estimate of drug-likeness (QED) is 0.887. The zero-order valence-corrected chi connectivity index (χ0v) is 12.0. The van der Waals surface area contributed by atoms with Crippen LogP contribution in [0.15, 0.2) is 12.4 Å². The van der Waals surface area contributed by atoms with Gasteiger partial charge in [-0.2, -0.15) is 5.10 Å². The summed E-state index contributed by atoms with van der Waals surface area (Å²) in [7, 11) is 0. The summed E-state index contributed by atoms with van der Waals surface area (Å²) in [5.74, 6) is 3.81. The van der Waals surface area contributed by atoms with E-state index in [0.717, 1.165) is 23.7 Å². The highest BCUT2D eigenvalue weighted by Gasteiger charge is 2.49. The predicted molar refractivity (Wildman–Crippen MR) is 75.5 cm³/mol. The molecule has 4 saturated carbocycles. The van der Waals surface area contributed by atoms with Gasteiger partial charge in [0, 0.05) is 17.3 Å². The van der Waals surface area contributed by atoms with Gasteiger partial charge in [-0.25, -0.2) is 0 Å². The van der Waals surface area contributed by atoms with E-state index in [2.05, 4.69) is 29.8 Å². The van der Waals surface area contributed by atoms with Crippen LogP contribution in [0.2, 0.25) is 0 Å². The molecule has 19 heavy (non-hydrogen) atoms. The zero-order valence-electron chi connectivity index (χ0n) is 12.0. The lowest BCUT2D eigenvalue weighted by molar-refractivity contribution is -0.0336. The molecule has 1 heterocycles. The van der Waals surface area contributed by atoms with E-state index in [1.54, 1.807) is 0 Å². The molecule has 0 amide bonds. The minimum Gasteiger partial charge on any atom is -0.322 e. The fourth-order valence-electron chi connectivity index (χ4n) is 5.16. The fraction of sp³-hybridized carbons (Fsp3) is 0.812. The second kappa shape index (κ2) is 3.85. The van der Waals surface area contributed by atoms with Crippen LogP contribution < -0.4 is 5.73 Å². The number of rotatable bonds is 2. The molecule has 4 aliphatic carbocycles. The van der Waals surface area contributed by atoms with E-state index in [0.29, 0.717) is 6.04 Å². The van der Waals surface area contributed by atoms with Gasteiger partial charge in [0.2, 0.25) is 0 Å². The smallest absolute Gasteiger partial charge is 0.0576 e. The van der Waals surface area contributed by atoms with E-state index in [4.69, 9.17) is 5.73 Å². The molecule has 3 nitrogen and oxygen atoms in total. The van der Waals surface area contributed by atoms with Crippen molar-refractivity contribution in [3.05, 3.63) is 18.0 Å². The van der Waals surface area contributed by atoms with Crippen molar-refractivity contribution in [1.82, 2.24) is 9.78 Å². The van der Waals surface area contributed by atoms with Crippen molar-refractivity contribution in [2.45, 2.75) is 57.5 Å².